The Hall–Kier alpha value is -3.51. The van der Waals surface area contributed by atoms with Gasteiger partial charge in [0.25, 0.3) is 11.8 Å². The predicted molar refractivity (Wildman–Crippen MR) is 106 cm³/mol. The van der Waals surface area contributed by atoms with Gasteiger partial charge in [0.15, 0.2) is 11.5 Å². The fraction of sp³-hybridized carbons (Fsp3) is 0.0476. The number of halogens is 1. The van der Waals surface area contributed by atoms with Crippen LogP contribution in [0.25, 0.3) is 0 Å². The van der Waals surface area contributed by atoms with Crippen molar-refractivity contribution in [1.29, 1.82) is 0 Å². The predicted octanol–water partition coefficient (Wildman–Crippen LogP) is 4.57. The molecule has 0 saturated carbocycles. The number of ether oxygens (including phenoxy) is 2. The second-order valence-electron chi connectivity index (χ2n) is 6.06. The zero-order chi connectivity index (χ0) is 19.5. The zero-order valence-corrected chi connectivity index (χ0v) is 15.3. The average molecular weight is 395 g/mol. The van der Waals surface area contributed by atoms with Gasteiger partial charge in [-0.15, -0.1) is 0 Å². The number of fused-ring (bicyclic) bond motifs is 1. The van der Waals surface area contributed by atoms with Gasteiger partial charge in [0, 0.05) is 33.6 Å². The van der Waals surface area contributed by atoms with Crippen molar-refractivity contribution in [2.24, 2.45) is 0 Å². The molecule has 2 amide bonds. The highest BCUT2D eigenvalue weighted by Gasteiger charge is 2.15. The van der Waals surface area contributed by atoms with Crippen LogP contribution in [-0.4, -0.2) is 18.6 Å². The monoisotopic (exact) mass is 394 g/mol. The first-order chi connectivity index (χ1) is 13.6. The molecule has 28 heavy (non-hydrogen) atoms. The van der Waals surface area contributed by atoms with Crippen LogP contribution in [-0.2, 0) is 0 Å². The van der Waals surface area contributed by atoms with Crippen molar-refractivity contribution in [1.82, 2.24) is 0 Å². The molecule has 1 aliphatic heterocycles. The number of carbonyl (C=O) groups is 2. The van der Waals surface area contributed by atoms with Gasteiger partial charge < -0.3 is 20.1 Å². The molecule has 0 fully saturated rings. The molecule has 4 rings (SSSR count). The minimum Gasteiger partial charge on any atom is -0.454 e. The Morgan fingerprint density at radius 3 is 1.89 bits per heavy atom. The minimum absolute atomic E-state index is 0.173. The Bertz CT molecular complexity index is 1030. The average Bonchev–Trinajstić information content (AvgIpc) is 3.17. The van der Waals surface area contributed by atoms with Crippen molar-refractivity contribution in [3.63, 3.8) is 0 Å². The topological polar surface area (TPSA) is 76.7 Å². The highest BCUT2D eigenvalue weighted by atomic mass is 35.5. The quantitative estimate of drug-likeness (QED) is 0.679. The molecule has 0 radical (unpaired) electrons. The lowest BCUT2D eigenvalue weighted by molar-refractivity contribution is 0.101. The van der Waals surface area contributed by atoms with Crippen LogP contribution in [0.5, 0.6) is 11.5 Å². The molecule has 3 aromatic carbocycles. The molecular formula is C21H15ClN2O4. The van der Waals surface area contributed by atoms with Crippen LogP contribution >= 0.6 is 11.6 Å². The molecule has 3 aromatic rings. The first-order valence-electron chi connectivity index (χ1n) is 8.46. The molecule has 1 heterocycles. The maximum Gasteiger partial charge on any atom is 0.255 e. The molecular weight excluding hydrogens is 380 g/mol. The van der Waals surface area contributed by atoms with Crippen LogP contribution in [0.4, 0.5) is 11.4 Å². The number of nitrogens with one attached hydrogen (secondary N) is 2. The standard InChI is InChI=1S/C21H15ClN2O4/c22-15-5-7-16(8-6-15)23-20(25)13-1-3-14(4-2-13)21(26)24-17-9-10-18-19(11-17)28-12-27-18/h1-11H,12H2,(H,23,25)(H,24,26). The molecule has 140 valence electrons. The van der Waals surface area contributed by atoms with E-state index < -0.39 is 0 Å². The van der Waals surface area contributed by atoms with Crippen molar-refractivity contribution in [2.45, 2.75) is 0 Å². The molecule has 2 N–H and O–H groups in total. The van der Waals surface area contributed by atoms with E-state index in [2.05, 4.69) is 10.6 Å². The second kappa shape index (κ2) is 7.62. The Labute approximate surface area is 166 Å². The van der Waals surface area contributed by atoms with Crippen LogP contribution in [0, 0.1) is 0 Å². The number of rotatable bonds is 4. The number of anilines is 2. The molecule has 0 bridgehead atoms. The summed E-state index contributed by atoms with van der Waals surface area (Å²) in [6.45, 7) is 0.173. The van der Waals surface area contributed by atoms with Gasteiger partial charge in [-0.3, -0.25) is 9.59 Å². The SMILES string of the molecule is O=C(Nc1ccc(Cl)cc1)c1ccc(C(=O)Nc2ccc3c(c2)OCO3)cc1. The van der Waals surface area contributed by atoms with Crippen molar-refractivity contribution < 1.29 is 19.1 Å². The van der Waals surface area contributed by atoms with E-state index in [9.17, 15) is 9.59 Å². The minimum atomic E-state index is -0.288. The number of amides is 2. The smallest absolute Gasteiger partial charge is 0.255 e. The third kappa shape index (κ3) is 3.92. The van der Waals surface area contributed by atoms with Gasteiger partial charge in [-0.05, 0) is 60.7 Å². The Balaban J connectivity index is 1.41. The van der Waals surface area contributed by atoms with Crippen LogP contribution in [0.1, 0.15) is 20.7 Å². The van der Waals surface area contributed by atoms with E-state index in [1.807, 2.05) is 0 Å². The molecule has 0 atom stereocenters. The maximum absolute atomic E-state index is 12.4. The van der Waals surface area contributed by atoms with Crippen LogP contribution in [0.15, 0.2) is 66.7 Å². The van der Waals surface area contributed by atoms with Crippen molar-refractivity contribution in [2.75, 3.05) is 17.4 Å². The van der Waals surface area contributed by atoms with E-state index in [4.69, 9.17) is 21.1 Å². The molecule has 0 saturated heterocycles. The summed E-state index contributed by atoms with van der Waals surface area (Å²) in [7, 11) is 0. The summed E-state index contributed by atoms with van der Waals surface area (Å²) in [6.07, 6.45) is 0. The van der Waals surface area contributed by atoms with Gasteiger partial charge in [0.2, 0.25) is 6.79 Å². The fourth-order valence-electron chi connectivity index (χ4n) is 2.69. The maximum atomic E-state index is 12.4. The third-order valence-electron chi connectivity index (χ3n) is 4.14. The van der Waals surface area contributed by atoms with Crippen molar-refractivity contribution >= 4 is 34.8 Å². The summed E-state index contributed by atoms with van der Waals surface area (Å²) < 4.78 is 10.5. The van der Waals surface area contributed by atoms with Gasteiger partial charge in [-0.1, -0.05) is 11.6 Å². The lowest BCUT2D eigenvalue weighted by Gasteiger charge is -2.08. The lowest BCUT2D eigenvalue weighted by atomic mass is 10.1. The highest BCUT2D eigenvalue weighted by molar-refractivity contribution is 6.30. The number of hydrogen-bond acceptors (Lipinski definition) is 4. The molecule has 0 unspecified atom stereocenters. The Morgan fingerprint density at radius 2 is 1.25 bits per heavy atom. The highest BCUT2D eigenvalue weighted by Crippen LogP contribution is 2.34. The first-order valence-corrected chi connectivity index (χ1v) is 8.84. The van der Waals surface area contributed by atoms with E-state index >= 15 is 0 Å². The third-order valence-corrected chi connectivity index (χ3v) is 4.39. The van der Waals surface area contributed by atoms with Gasteiger partial charge in [-0.25, -0.2) is 0 Å². The summed E-state index contributed by atoms with van der Waals surface area (Å²) in [5.74, 6) is 0.676. The Kier molecular flexibility index (Phi) is 4.87. The number of benzene rings is 3. The molecule has 7 heteroatoms. The number of hydrogen-bond donors (Lipinski definition) is 2. The van der Waals surface area contributed by atoms with Crippen LogP contribution < -0.4 is 20.1 Å². The van der Waals surface area contributed by atoms with E-state index in [1.165, 1.54) is 0 Å². The summed E-state index contributed by atoms with van der Waals surface area (Å²) in [4.78, 5) is 24.7. The zero-order valence-electron chi connectivity index (χ0n) is 14.6. The summed E-state index contributed by atoms with van der Waals surface area (Å²) >= 11 is 5.83. The second-order valence-corrected chi connectivity index (χ2v) is 6.50. The normalized spacial score (nSPS) is 11.8. The van der Waals surface area contributed by atoms with E-state index in [0.29, 0.717) is 39.0 Å². The largest absolute Gasteiger partial charge is 0.454 e. The fourth-order valence-corrected chi connectivity index (χ4v) is 2.81. The molecule has 0 spiro atoms. The van der Waals surface area contributed by atoms with Crippen molar-refractivity contribution in [3.8, 4) is 11.5 Å². The summed E-state index contributed by atoms with van der Waals surface area (Å²) in [5.41, 5.74) is 2.10. The van der Waals surface area contributed by atoms with Crippen LogP contribution in [0.3, 0.4) is 0 Å². The van der Waals surface area contributed by atoms with Gasteiger partial charge in [0.05, 0.1) is 0 Å². The van der Waals surface area contributed by atoms with Gasteiger partial charge in [0.1, 0.15) is 0 Å². The Morgan fingerprint density at radius 1 is 0.714 bits per heavy atom. The van der Waals surface area contributed by atoms with E-state index in [1.54, 1.807) is 66.7 Å². The van der Waals surface area contributed by atoms with Crippen LogP contribution in [0.2, 0.25) is 5.02 Å². The lowest BCUT2D eigenvalue weighted by Crippen LogP contribution is -2.14. The molecule has 0 aliphatic carbocycles. The molecule has 1 aliphatic rings. The molecule has 6 nitrogen and oxygen atoms in total. The van der Waals surface area contributed by atoms with Gasteiger partial charge in [-0.2, -0.15) is 0 Å². The van der Waals surface area contributed by atoms with Gasteiger partial charge >= 0.3 is 0 Å². The van der Waals surface area contributed by atoms with E-state index in [0.717, 1.165) is 0 Å². The number of carbonyl (C=O) groups excluding carboxylic acids is 2. The summed E-state index contributed by atoms with van der Waals surface area (Å²) in [6, 6.07) is 18.4. The first kappa shape index (κ1) is 17.9. The van der Waals surface area contributed by atoms with E-state index in [-0.39, 0.29) is 18.6 Å². The summed E-state index contributed by atoms with van der Waals surface area (Å²) in [5, 5.41) is 6.16. The van der Waals surface area contributed by atoms with Crippen molar-refractivity contribution in [3.05, 3.63) is 82.9 Å². The molecule has 0 aromatic heterocycles.